The molecule has 4 aromatic rings. The Hall–Kier alpha value is -3.15. The number of aromatic nitrogens is 1. The van der Waals surface area contributed by atoms with Crippen LogP contribution >= 0.6 is 11.3 Å². The van der Waals surface area contributed by atoms with Crippen LogP contribution < -0.4 is 4.90 Å². The van der Waals surface area contributed by atoms with Gasteiger partial charge in [0.05, 0.1) is 28.3 Å². The van der Waals surface area contributed by atoms with Gasteiger partial charge in [0, 0.05) is 45.3 Å². The minimum absolute atomic E-state index is 0.151. The van der Waals surface area contributed by atoms with E-state index in [1.807, 2.05) is 37.3 Å². The molecule has 216 valence electrons. The van der Waals surface area contributed by atoms with Crippen LogP contribution in [-0.4, -0.2) is 75.0 Å². The summed E-state index contributed by atoms with van der Waals surface area (Å²) in [7, 11) is -2.16. The van der Waals surface area contributed by atoms with Crippen molar-refractivity contribution in [2.45, 2.75) is 31.7 Å². The van der Waals surface area contributed by atoms with Crippen molar-refractivity contribution >= 4 is 42.6 Å². The zero-order valence-electron chi connectivity index (χ0n) is 23.7. The maximum atomic E-state index is 13.9. The number of benzene rings is 3. The summed E-state index contributed by atoms with van der Waals surface area (Å²) >= 11 is 1.53. The van der Waals surface area contributed by atoms with Crippen molar-refractivity contribution in [3.05, 3.63) is 89.0 Å². The van der Waals surface area contributed by atoms with Gasteiger partial charge < -0.3 is 4.74 Å². The summed E-state index contributed by atoms with van der Waals surface area (Å²) in [6.45, 7) is 8.96. The van der Waals surface area contributed by atoms with Crippen molar-refractivity contribution in [2.75, 3.05) is 51.3 Å². The number of amides is 1. The lowest BCUT2D eigenvalue weighted by atomic mass is 10.1. The molecule has 1 aliphatic heterocycles. The highest BCUT2D eigenvalue weighted by Crippen LogP contribution is 2.34. The molecule has 1 fully saturated rings. The van der Waals surface area contributed by atoms with Crippen molar-refractivity contribution in [2.24, 2.45) is 0 Å². The van der Waals surface area contributed by atoms with E-state index in [-0.39, 0.29) is 17.3 Å². The number of thiazole rings is 1. The molecule has 1 aliphatic rings. The number of ether oxygens (including phenoxy) is 1. The van der Waals surface area contributed by atoms with E-state index < -0.39 is 10.0 Å². The molecule has 0 atom stereocenters. The van der Waals surface area contributed by atoms with Crippen LogP contribution in [0.4, 0.5) is 5.13 Å². The van der Waals surface area contributed by atoms with Gasteiger partial charge in [0.15, 0.2) is 5.13 Å². The number of rotatable bonds is 10. The summed E-state index contributed by atoms with van der Waals surface area (Å²) < 4.78 is 34.3. The molecule has 0 unspecified atom stereocenters. The summed E-state index contributed by atoms with van der Waals surface area (Å²) in [6.07, 6.45) is 0.788. The molecule has 10 heteroatoms. The summed E-state index contributed by atoms with van der Waals surface area (Å²) in [6, 6.07) is 19.8. The largest absolute Gasteiger partial charge is 0.379 e. The average molecular weight is 593 g/mol. The number of anilines is 1. The summed E-state index contributed by atoms with van der Waals surface area (Å²) in [5, 5.41) is 0.656. The van der Waals surface area contributed by atoms with E-state index in [1.54, 1.807) is 24.1 Å². The maximum Gasteiger partial charge on any atom is 0.260 e. The van der Waals surface area contributed by atoms with E-state index >= 15 is 0 Å². The zero-order chi connectivity index (χ0) is 29.0. The molecule has 0 radical (unpaired) electrons. The fraction of sp³-hybridized carbons (Fsp3) is 0.355. The van der Waals surface area contributed by atoms with Crippen molar-refractivity contribution in [1.29, 1.82) is 0 Å². The molecule has 5 rings (SSSR count). The molecule has 0 aliphatic carbocycles. The Labute approximate surface area is 246 Å². The molecule has 41 heavy (non-hydrogen) atoms. The molecule has 0 N–H and O–H groups in total. The first-order chi connectivity index (χ1) is 19.7. The highest BCUT2D eigenvalue weighted by atomic mass is 32.2. The lowest BCUT2D eigenvalue weighted by molar-refractivity contribution is 0.0376. The standard InChI is InChI=1S/C31H36N4O4S2/c1-23-10-11-24(2)29-28(23)32-31(40-29)35(17-7-16-34-18-20-39-21-19-34)30(36)26-12-14-27(15-13-26)41(37,38)33(3)22-25-8-5-4-6-9-25/h4-6,8-15H,7,16-22H2,1-3H3. The third-order valence-corrected chi connectivity index (χ3v) is 10.5. The first-order valence-corrected chi connectivity index (χ1v) is 16.1. The second-order valence-electron chi connectivity index (χ2n) is 10.4. The quantitative estimate of drug-likeness (QED) is 0.255. The van der Waals surface area contributed by atoms with E-state index in [0.29, 0.717) is 17.2 Å². The topological polar surface area (TPSA) is 83.0 Å². The Bertz CT molecular complexity index is 1560. The summed E-state index contributed by atoms with van der Waals surface area (Å²) in [5.74, 6) is -0.192. The molecule has 3 aromatic carbocycles. The zero-order valence-corrected chi connectivity index (χ0v) is 25.4. The fourth-order valence-corrected chi connectivity index (χ4v) is 7.25. The van der Waals surface area contributed by atoms with Gasteiger partial charge in [-0.1, -0.05) is 53.8 Å². The van der Waals surface area contributed by atoms with E-state index in [9.17, 15) is 13.2 Å². The molecule has 8 nitrogen and oxygen atoms in total. The monoisotopic (exact) mass is 592 g/mol. The second kappa shape index (κ2) is 12.8. The van der Waals surface area contributed by atoms with Crippen molar-refractivity contribution in [3.63, 3.8) is 0 Å². The van der Waals surface area contributed by atoms with E-state index in [1.165, 1.54) is 27.8 Å². The van der Waals surface area contributed by atoms with Crippen molar-refractivity contribution in [3.8, 4) is 0 Å². The number of fused-ring (bicyclic) bond motifs is 1. The lowest BCUT2D eigenvalue weighted by Gasteiger charge is -2.27. The van der Waals surface area contributed by atoms with Crippen LogP contribution in [0.5, 0.6) is 0 Å². The number of morpholine rings is 1. The van der Waals surface area contributed by atoms with Crippen LogP contribution in [0.2, 0.25) is 0 Å². The highest BCUT2D eigenvalue weighted by Gasteiger charge is 2.25. The molecule has 1 saturated heterocycles. The number of hydrogen-bond donors (Lipinski definition) is 0. The Morgan fingerprint density at radius 2 is 1.66 bits per heavy atom. The van der Waals surface area contributed by atoms with Gasteiger partial charge in [-0.3, -0.25) is 14.6 Å². The second-order valence-corrected chi connectivity index (χ2v) is 13.4. The third-order valence-electron chi connectivity index (χ3n) is 7.42. The number of carbonyl (C=O) groups excluding carboxylic acids is 1. The molecular formula is C31H36N4O4S2. The third kappa shape index (κ3) is 6.68. The molecule has 2 heterocycles. The van der Waals surface area contributed by atoms with Crippen LogP contribution in [0.15, 0.2) is 71.6 Å². The van der Waals surface area contributed by atoms with Gasteiger partial charge in [-0.25, -0.2) is 13.4 Å². The van der Waals surface area contributed by atoms with Gasteiger partial charge in [-0.2, -0.15) is 4.31 Å². The van der Waals surface area contributed by atoms with Crippen LogP contribution in [-0.2, 0) is 21.3 Å². The molecule has 0 spiro atoms. The molecule has 1 aromatic heterocycles. The van der Waals surface area contributed by atoms with Gasteiger partial charge in [0.25, 0.3) is 5.91 Å². The van der Waals surface area contributed by atoms with Gasteiger partial charge in [0.2, 0.25) is 10.0 Å². The maximum absolute atomic E-state index is 13.9. The van der Waals surface area contributed by atoms with Crippen LogP contribution in [0, 0.1) is 13.8 Å². The average Bonchev–Trinajstić information content (AvgIpc) is 3.45. The first kappa shape index (κ1) is 29.3. The van der Waals surface area contributed by atoms with Crippen LogP contribution in [0.1, 0.15) is 33.5 Å². The smallest absolute Gasteiger partial charge is 0.260 e. The number of carbonyl (C=O) groups is 1. The number of aryl methyl sites for hydroxylation is 2. The molecular weight excluding hydrogens is 556 g/mol. The number of nitrogens with zero attached hydrogens (tertiary/aromatic N) is 4. The lowest BCUT2D eigenvalue weighted by Crippen LogP contribution is -2.39. The Morgan fingerprint density at radius 1 is 0.976 bits per heavy atom. The summed E-state index contributed by atoms with van der Waals surface area (Å²) in [4.78, 5) is 23.0. The van der Waals surface area contributed by atoms with Gasteiger partial charge in [-0.05, 0) is 61.2 Å². The van der Waals surface area contributed by atoms with Crippen LogP contribution in [0.25, 0.3) is 10.2 Å². The molecule has 1 amide bonds. The number of hydrogen-bond acceptors (Lipinski definition) is 7. The van der Waals surface area contributed by atoms with E-state index in [2.05, 4.69) is 24.0 Å². The van der Waals surface area contributed by atoms with Crippen molar-refractivity contribution in [1.82, 2.24) is 14.2 Å². The predicted molar refractivity (Wildman–Crippen MR) is 164 cm³/mol. The van der Waals surface area contributed by atoms with Gasteiger partial charge in [0.1, 0.15) is 0 Å². The Balaban J connectivity index is 1.38. The van der Waals surface area contributed by atoms with E-state index in [0.717, 1.165) is 66.2 Å². The Morgan fingerprint density at radius 3 is 2.34 bits per heavy atom. The Kier molecular flexibility index (Phi) is 9.16. The molecule has 0 saturated carbocycles. The summed E-state index contributed by atoms with van der Waals surface area (Å²) in [5.41, 5.74) is 4.44. The molecule has 0 bridgehead atoms. The van der Waals surface area contributed by atoms with Crippen molar-refractivity contribution < 1.29 is 17.9 Å². The van der Waals surface area contributed by atoms with Crippen LogP contribution in [0.3, 0.4) is 0 Å². The van der Waals surface area contributed by atoms with E-state index in [4.69, 9.17) is 9.72 Å². The first-order valence-electron chi connectivity index (χ1n) is 13.8. The highest BCUT2D eigenvalue weighted by molar-refractivity contribution is 7.89. The van der Waals surface area contributed by atoms with Gasteiger partial charge in [-0.15, -0.1) is 0 Å². The van der Waals surface area contributed by atoms with Gasteiger partial charge >= 0.3 is 0 Å². The number of sulfonamides is 1. The minimum Gasteiger partial charge on any atom is -0.379 e. The SMILES string of the molecule is Cc1ccc(C)c2sc(N(CCCN3CCOCC3)C(=O)c3ccc(S(=O)(=O)N(C)Cc4ccccc4)cc3)nc12. The predicted octanol–water partition coefficient (Wildman–Crippen LogP) is 5.10. The normalized spacial score (nSPS) is 14.5. The fourth-order valence-electron chi connectivity index (χ4n) is 4.96. The minimum atomic E-state index is -3.72.